The van der Waals surface area contributed by atoms with Gasteiger partial charge in [0.15, 0.2) is 0 Å². The highest BCUT2D eigenvalue weighted by Gasteiger charge is 2.20. The molecule has 1 unspecified atom stereocenters. The van der Waals surface area contributed by atoms with E-state index in [1.807, 2.05) is 0 Å². The highest BCUT2D eigenvalue weighted by atomic mass is 15.2. The van der Waals surface area contributed by atoms with Crippen LogP contribution in [0.4, 0.5) is 0 Å². The molecule has 20 heavy (non-hydrogen) atoms. The third kappa shape index (κ3) is 6.06. The summed E-state index contributed by atoms with van der Waals surface area (Å²) >= 11 is 0. The summed E-state index contributed by atoms with van der Waals surface area (Å²) < 4.78 is 0. The molecule has 0 bridgehead atoms. The average Bonchev–Trinajstić information content (AvgIpc) is 2.42. The summed E-state index contributed by atoms with van der Waals surface area (Å²) in [6.45, 7) is 15.8. The zero-order valence-corrected chi connectivity index (χ0v) is 13.9. The van der Waals surface area contributed by atoms with Crippen LogP contribution in [0.3, 0.4) is 0 Å². The van der Waals surface area contributed by atoms with Gasteiger partial charge >= 0.3 is 0 Å². The van der Waals surface area contributed by atoms with E-state index in [9.17, 15) is 0 Å². The fraction of sp³-hybridized carbons (Fsp3) is 0.667. The van der Waals surface area contributed by atoms with E-state index in [2.05, 4.69) is 75.2 Å². The number of rotatable bonds is 9. The molecule has 114 valence electrons. The van der Waals surface area contributed by atoms with Gasteiger partial charge in [0.2, 0.25) is 0 Å². The second kappa shape index (κ2) is 9.15. The fourth-order valence-electron chi connectivity index (χ4n) is 2.59. The summed E-state index contributed by atoms with van der Waals surface area (Å²) in [7, 11) is 0. The lowest BCUT2D eigenvalue weighted by Crippen LogP contribution is -2.45. The Bertz CT molecular complexity index is 346. The summed E-state index contributed by atoms with van der Waals surface area (Å²) in [5.74, 6) is 1.38. The van der Waals surface area contributed by atoms with Crippen LogP contribution in [0.15, 0.2) is 30.3 Å². The van der Waals surface area contributed by atoms with Gasteiger partial charge in [0.25, 0.3) is 0 Å². The topological polar surface area (TPSA) is 15.3 Å². The van der Waals surface area contributed by atoms with Crippen molar-refractivity contribution < 1.29 is 0 Å². The molecule has 2 heteroatoms. The number of nitrogens with zero attached hydrogens (tertiary/aromatic N) is 1. The van der Waals surface area contributed by atoms with Crippen LogP contribution in [0.5, 0.6) is 0 Å². The second-order valence-electron chi connectivity index (χ2n) is 6.41. The van der Waals surface area contributed by atoms with Crippen LogP contribution < -0.4 is 5.32 Å². The maximum absolute atomic E-state index is 3.63. The second-order valence-corrected chi connectivity index (χ2v) is 6.41. The van der Waals surface area contributed by atoms with Crippen LogP contribution in [0.25, 0.3) is 0 Å². The highest BCUT2D eigenvalue weighted by Crippen LogP contribution is 2.14. The smallest absolute Gasteiger partial charge is 0.0247 e. The first-order valence-corrected chi connectivity index (χ1v) is 8.03. The van der Waals surface area contributed by atoms with Crippen molar-refractivity contribution in [3.8, 4) is 0 Å². The molecule has 0 saturated heterocycles. The third-order valence-electron chi connectivity index (χ3n) is 3.78. The number of hydrogen-bond acceptors (Lipinski definition) is 2. The van der Waals surface area contributed by atoms with E-state index < -0.39 is 0 Å². The minimum absolute atomic E-state index is 0.596. The van der Waals surface area contributed by atoms with Crippen LogP contribution in [0.1, 0.15) is 40.2 Å². The van der Waals surface area contributed by atoms with E-state index in [0.29, 0.717) is 17.9 Å². The Balaban J connectivity index is 2.61. The first-order chi connectivity index (χ1) is 9.54. The van der Waals surface area contributed by atoms with Gasteiger partial charge < -0.3 is 5.32 Å². The van der Waals surface area contributed by atoms with Crippen LogP contribution in [-0.2, 0) is 6.54 Å². The first kappa shape index (κ1) is 17.2. The van der Waals surface area contributed by atoms with Crippen LogP contribution in [0, 0.1) is 11.8 Å². The number of likely N-dealkylation sites (N-methyl/N-ethyl adjacent to an activating group) is 1. The normalized spacial score (nSPS) is 13.4. The molecule has 0 aliphatic rings. The van der Waals surface area contributed by atoms with Gasteiger partial charge in [-0.15, -0.1) is 0 Å². The van der Waals surface area contributed by atoms with E-state index in [-0.39, 0.29) is 0 Å². The lowest BCUT2D eigenvalue weighted by molar-refractivity contribution is 0.150. The molecule has 1 N–H and O–H groups in total. The SMILES string of the molecule is CCN(Cc1ccccc1)C(CNCC(C)C)C(C)C. The maximum atomic E-state index is 3.63. The molecule has 0 aliphatic heterocycles. The predicted octanol–water partition coefficient (Wildman–Crippen LogP) is 3.78. The zero-order valence-electron chi connectivity index (χ0n) is 13.9. The summed E-state index contributed by atoms with van der Waals surface area (Å²) in [4.78, 5) is 2.59. The molecule has 1 rings (SSSR count). The van der Waals surface area contributed by atoms with Crippen molar-refractivity contribution in [3.05, 3.63) is 35.9 Å². The Labute approximate surface area is 125 Å². The van der Waals surface area contributed by atoms with Crippen molar-refractivity contribution in [2.45, 2.75) is 47.2 Å². The summed E-state index contributed by atoms with van der Waals surface area (Å²) in [5.41, 5.74) is 1.41. The van der Waals surface area contributed by atoms with E-state index in [1.165, 1.54) is 5.56 Å². The molecule has 0 heterocycles. The number of nitrogens with one attached hydrogen (secondary N) is 1. The van der Waals surface area contributed by atoms with Crippen molar-refractivity contribution in [3.63, 3.8) is 0 Å². The number of hydrogen-bond donors (Lipinski definition) is 1. The molecule has 0 radical (unpaired) electrons. The van der Waals surface area contributed by atoms with Gasteiger partial charge in [-0.05, 0) is 30.5 Å². The van der Waals surface area contributed by atoms with E-state index in [4.69, 9.17) is 0 Å². The molecule has 1 aromatic carbocycles. The molecule has 0 spiro atoms. The Kier molecular flexibility index (Phi) is 7.86. The van der Waals surface area contributed by atoms with Gasteiger partial charge in [-0.1, -0.05) is 65.0 Å². The van der Waals surface area contributed by atoms with Gasteiger partial charge in [-0.25, -0.2) is 0 Å². The summed E-state index contributed by atoms with van der Waals surface area (Å²) in [6.07, 6.45) is 0. The third-order valence-corrected chi connectivity index (χ3v) is 3.78. The molecular weight excluding hydrogens is 244 g/mol. The average molecular weight is 276 g/mol. The summed E-state index contributed by atoms with van der Waals surface area (Å²) in [6, 6.07) is 11.4. The summed E-state index contributed by atoms with van der Waals surface area (Å²) in [5, 5.41) is 3.63. The molecule has 1 atom stereocenters. The maximum Gasteiger partial charge on any atom is 0.0247 e. The molecular formula is C18H32N2. The predicted molar refractivity (Wildman–Crippen MR) is 88.9 cm³/mol. The monoisotopic (exact) mass is 276 g/mol. The highest BCUT2D eigenvalue weighted by molar-refractivity contribution is 5.14. The van der Waals surface area contributed by atoms with Crippen molar-refractivity contribution in [2.75, 3.05) is 19.6 Å². The Hall–Kier alpha value is -0.860. The van der Waals surface area contributed by atoms with E-state index >= 15 is 0 Å². The number of benzene rings is 1. The lowest BCUT2D eigenvalue weighted by atomic mass is 10.0. The van der Waals surface area contributed by atoms with E-state index in [0.717, 1.165) is 26.2 Å². The standard InChI is InChI=1S/C18H32N2/c1-6-20(14-17-10-8-7-9-11-17)18(16(4)5)13-19-12-15(2)3/h7-11,15-16,18-19H,6,12-14H2,1-5H3. The molecule has 0 aliphatic carbocycles. The van der Waals surface area contributed by atoms with Gasteiger partial charge in [0.1, 0.15) is 0 Å². The first-order valence-electron chi connectivity index (χ1n) is 8.03. The van der Waals surface area contributed by atoms with Gasteiger partial charge in [-0.2, -0.15) is 0 Å². The molecule has 0 saturated carbocycles. The molecule has 1 aromatic rings. The quantitative estimate of drug-likeness (QED) is 0.738. The Morgan fingerprint density at radius 3 is 2.15 bits per heavy atom. The molecule has 0 fully saturated rings. The van der Waals surface area contributed by atoms with Crippen molar-refractivity contribution in [1.82, 2.24) is 10.2 Å². The van der Waals surface area contributed by atoms with Crippen molar-refractivity contribution in [1.29, 1.82) is 0 Å². The molecule has 2 nitrogen and oxygen atoms in total. The van der Waals surface area contributed by atoms with Crippen molar-refractivity contribution in [2.24, 2.45) is 11.8 Å². The minimum atomic E-state index is 0.596. The van der Waals surface area contributed by atoms with Gasteiger partial charge in [0, 0.05) is 19.1 Å². The minimum Gasteiger partial charge on any atom is -0.315 e. The van der Waals surface area contributed by atoms with Crippen LogP contribution in [0.2, 0.25) is 0 Å². The van der Waals surface area contributed by atoms with E-state index in [1.54, 1.807) is 0 Å². The molecule has 0 amide bonds. The van der Waals surface area contributed by atoms with Crippen LogP contribution >= 0.6 is 0 Å². The van der Waals surface area contributed by atoms with Gasteiger partial charge in [0.05, 0.1) is 0 Å². The largest absolute Gasteiger partial charge is 0.315 e. The zero-order chi connectivity index (χ0) is 15.0. The van der Waals surface area contributed by atoms with Crippen LogP contribution in [-0.4, -0.2) is 30.6 Å². The molecule has 0 aromatic heterocycles. The fourth-order valence-corrected chi connectivity index (χ4v) is 2.59. The Morgan fingerprint density at radius 1 is 1.00 bits per heavy atom. The lowest BCUT2D eigenvalue weighted by Gasteiger charge is -2.34. The van der Waals surface area contributed by atoms with Gasteiger partial charge in [-0.3, -0.25) is 4.90 Å². The Morgan fingerprint density at radius 2 is 1.65 bits per heavy atom. The van der Waals surface area contributed by atoms with Crippen molar-refractivity contribution >= 4 is 0 Å².